The predicted octanol–water partition coefficient (Wildman–Crippen LogP) is 10.2. The van der Waals surface area contributed by atoms with E-state index in [4.69, 9.17) is 0 Å². The molecule has 0 unspecified atom stereocenters. The lowest BCUT2D eigenvalue weighted by molar-refractivity contribution is 0.205. The van der Waals surface area contributed by atoms with Gasteiger partial charge in [0.15, 0.2) is 0 Å². The second-order valence-electron chi connectivity index (χ2n) is 10.9. The van der Waals surface area contributed by atoms with Crippen LogP contribution in [-0.2, 0) is 0 Å². The summed E-state index contributed by atoms with van der Waals surface area (Å²) < 4.78 is 0. The van der Waals surface area contributed by atoms with Crippen molar-refractivity contribution in [3.05, 3.63) is 18.4 Å². The first kappa shape index (κ1) is 34.4. The van der Waals surface area contributed by atoms with Gasteiger partial charge in [-0.25, -0.2) is 0 Å². The van der Waals surface area contributed by atoms with Gasteiger partial charge in [0, 0.05) is 19.6 Å². The fraction of sp³-hybridized carbons (Fsp3) is 0.909. The van der Waals surface area contributed by atoms with Crippen LogP contribution in [0.5, 0.6) is 0 Å². The molecule has 0 aliphatic carbocycles. The minimum atomic E-state index is 1.02. The number of hydrogen-bond donors (Lipinski definition) is 0. The van der Waals surface area contributed by atoms with E-state index in [9.17, 15) is 0 Å². The molecule has 0 atom stereocenters. The molecule has 0 rings (SSSR count). The molecule has 0 fully saturated rings. The maximum absolute atomic E-state index is 3.80. The second-order valence-corrected chi connectivity index (χ2v) is 10.9. The Balaban J connectivity index is 4.37. The molecule has 0 saturated carbocycles. The summed E-state index contributed by atoms with van der Waals surface area (Å²) in [7, 11) is 0. The number of nitrogens with zero attached hydrogens (tertiary/aromatic N) is 2. The molecule has 0 radical (unpaired) electrons. The Hall–Kier alpha value is -0.560. The fourth-order valence-electron chi connectivity index (χ4n) is 4.98. The normalized spacial score (nSPS) is 11.5. The average Bonchev–Trinajstić information content (AvgIpc) is 2.87. The minimum absolute atomic E-state index is 1.02. The summed E-state index contributed by atoms with van der Waals surface area (Å²) in [5.41, 5.74) is 3.01. The number of rotatable bonds is 29. The average molecular weight is 491 g/mol. The highest BCUT2D eigenvalue weighted by Crippen LogP contribution is 2.11. The van der Waals surface area contributed by atoms with Crippen LogP contribution in [0.4, 0.5) is 0 Å². The molecule has 0 heterocycles. The van der Waals surface area contributed by atoms with Gasteiger partial charge in [-0.05, 0) is 45.0 Å². The van der Waals surface area contributed by atoms with Crippen molar-refractivity contribution >= 4 is 0 Å². The molecule has 35 heavy (non-hydrogen) atoms. The van der Waals surface area contributed by atoms with Gasteiger partial charge in [-0.1, -0.05) is 143 Å². The molecule has 0 aliphatic heterocycles. The third-order valence-corrected chi connectivity index (χ3v) is 7.46. The lowest BCUT2D eigenvalue weighted by Gasteiger charge is -2.27. The second kappa shape index (κ2) is 29.7. The molecule has 0 N–H and O–H groups in total. The first-order valence-electron chi connectivity index (χ1n) is 16.1. The molecule has 2 heteroatoms. The van der Waals surface area contributed by atoms with E-state index in [-0.39, 0.29) is 0 Å². The Morgan fingerprint density at radius 1 is 0.429 bits per heavy atom. The molecule has 2 nitrogen and oxygen atoms in total. The maximum Gasteiger partial charge on any atom is 0.0238 e. The molecule has 0 bridgehead atoms. The summed E-state index contributed by atoms with van der Waals surface area (Å²) in [4.78, 5) is 5.43. The summed E-state index contributed by atoms with van der Waals surface area (Å²) in [5.74, 6) is 0. The molecule has 0 amide bonds. The van der Waals surface area contributed by atoms with E-state index in [1.54, 1.807) is 0 Å². The Bertz CT molecular complexity index is 422. The van der Waals surface area contributed by atoms with Gasteiger partial charge in [-0.3, -0.25) is 4.90 Å². The summed E-state index contributed by atoms with van der Waals surface area (Å²) >= 11 is 0. The van der Waals surface area contributed by atoms with Gasteiger partial charge < -0.3 is 4.90 Å². The topological polar surface area (TPSA) is 6.48 Å². The minimum Gasteiger partial charge on any atom is -0.302 e. The lowest BCUT2D eigenvalue weighted by atomic mass is 10.1. The highest BCUT2D eigenvalue weighted by Gasteiger charge is 2.09. The van der Waals surface area contributed by atoms with Crippen molar-refractivity contribution in [3.8, 4) is 0 Å². The zero-order valence-corrected chi connectivity index (χ0v) is 24.8. The third kappa shape index (κ3) is 26.3. The highest BCUT2D eigenvalue weighted by molar-refractivity contribution is 4.80. The molecule has 208 valence electrons. The lowest BCUT2D eigenvalue weighted by Crippen LogP contribution is -2.37. The largest absolute Gasteiger partial charge is 0.302 e. The monoisotopic (exact) mass is 491 g/mol. The highest BCUT2D eigenvalue weighted by atomic mass is 15.2. The zero-order valence-electron chi connectivity index (χ0n) is 24.8. The SMILES string of the molecule is C=C=CCN(CCCCCCCCC)CCN(CCCCCCCCC)CCCCCCCCC. The van der Waals surface area contributed by atoms with E-state index in [1.807, 2.05) is 0 Å². The van der Waals surface area contributed by atoms with E-state index in [0.717, 1.165) is 6.54 Å². The summed E-state index contributed by atoms with van der Waals surface area (Å²) in [6.45, 7) is 18.0. The molecule has 0 aromatic heterocycles. The van der Waals surface area contributed by atoms with E-state index in [1.165, 1.54) is 168 Å². The van der Waals surface area contributed by atoms with Crippen molar-refractivity contribution in [2.24, 2.45) is 0 Å². The molecule has 0 aromatic carbocycles. The first-order chi connectivity index (χ1) is 17.3. The number of hydrogen-bond acceptors (Lipinski definition) is 2. The van der Waals surface area contributed by atoms with Gasteiger partial charge in [-0.2, -0.15) is 0 Å². The van der Waals surface area contributed by atoms with E-state index in [2.05, 4.69) is 49.0 Å². The smallest absolute Gasteiger partial charge is 0.0238 e. The van der Waals surface area contributed by atoms with Gasteiger partial charge in [0.1, 0.15) is 0 Å². The van der Waals surface area contributed by atoms with Gasteiger partial charge in [0.05, 0.1) is 0 Å². The Morgan fingerprint density at radius 2 is 0.743 bits per heavy atom. The fourth-order valence-corrected chi connectivity index (χ4v) is 4.98. The van der Waals surface area contributed by atoms with Crippen LogP contribution in [0.15, 0.2) is 18.4 Å². The molecule has 0 aliphatic rings. The molecular formula is C33H66N2. The van der Waals surface area contributed by atoms with Crippen LogP contribution >= 0.6 is 0 Å². The van der Waals surface area contributed by atoms with Crippen molar-refractivity contribution in [2.75, 3.05) is 39.3 Å². The van der Waals surface area contributed by atoms with Crippen molar-refractivity contribution in [1.82, 2.24) is 9.80 Å². The van der Waals surface area contributed by atoms with Crippen LogP contribution in [0.3, 0.4) is 0 Å². The van der Waals surface area contributed by atoms with Crippen molar-refractivity contribution < 1.29 is 0 Å². The van der Waals surface area contributed by atoms with Crippen LogP contribution in [0.1, 0.15) is 156 Å². The summed E-state index contributed by atoms with van der Waals surface area (Å²) in [6, 6.07) is 0. The Kier molecular flexibility index (Phi) is 29.2. The first-order valence-corrected chi connectivity index (χ1v) is 16.1. The Labute approximate surface area is 223 Å². The standard InChI is InChI=1S/C33H66N2/c1-5-9-13-16-19-22-25-29-34(28-12-8-4)32-33-35(30-26-23-20-17-14-10-6-2)31-27-24-21-18-15-11-7-3/h12H,4-7,9-11,13-33H2,1-3H3. The van der Waals surface area contributed by atoms with Crippen LogP contribution in [0.25, 0.3) is 0 Å². The molecule has 0 spiro atoms. The van der Waals surface area contributed by atoms with E-state index >= 15 is 0 Å². The molecule has 0 aromatic rings. The molecular weight excluding hydrogens is 424 g/mol. The quantitative estimate of drug-likeness (QED) is 0.0760. The summed E-state index contributed by atoms with van der Waals surface area (Å²) in [6.07, 6.45) is 31.6. The number of unbranched alkanes of at least 4 members (excludes halogenated alkanes) is 18. The van der Waals surface area contributed by atoms with E-state index < -0.39 is 0 Å². The predicted molar refractivity (Wildman–Crippen MR) is 161 cm³/mol. The van der Waals surface area contributed by atoms with Gasteiger partial charge in [0.25, 0.3) is 0 Å². The molecule has 0 saturated heterocycles. The van der Waals surface area contributed by atoms with Gasteiger partial charge in [0.2, 0.25) is 0 Å². The third-order valence-electron chi connectivity index (χ3n) is 7.46. The Morgan fingerprint density at radius 3 is 1.11 bits per heavy atom. The van der Waals surface area contributed by atoms with Crippen molar-refractivity contribution in [2.45, 2.75) is 156 Å². The summed E-state index contributed by atoms with van der Waals surface area (Å²) in [5, 5.41) is 0. The van der Waals surface area contributed by atoms with Crippen LogP contribution in [0, 0.1) is 0 Å². The maximum atomic E-state index is 3.80. The van der Waals surface area contributed by atoms with E-state index in [0.29, 0.717) is 0 Å². The van der Waals surface area contributed by atoms with Crippen LogP contribution < -0.4 is 0 Å². The van der Waals surface area contributed by atoms with Gasteiger partial charge in [-0.15, -0.1) is 5.73 Å². The van der Waals surface area contributed by atoms with Gasteiger partial charge >= 0.3 is 0 Å². The van der Waals surface area contributed by atoms with Crippen molar-refractivity contribution in [3.63, 3.8) is 0 Å². The van der Waals surface area contributed by atoms with Crippen LogP contribution in [-0.4, -0.2) is 49.1 Å². The van der Waals surface area contributed by atoms with Crippen molar-refractivity contribution in [1.29, 1.82) is 0 Å². The van der Waals surface area contributed by atoms with Crippen LogP contribution in [0.2, 0.25) is 0 Å². The zero-order chi connectivity index (χ0) is 25.7.